The SMILES string of the molecule is Cc1ccc(-c2nnc(C(C)OC(=O)c3ccc(S(C)(=O)=O)cc3)o2)cc1. The topological polar surface area (TPSA) is 99.4 Å². The number of hydrogen-bond acceptors (Lipinski definition) is 7. The molecule has 0 fully saturated rings. The predicted octanol–water partition coefficient (Wildman–Crippen LogP) is 3.37. The summed E-state index contributed by atoms with van der Waals surface area (Å²) in [4.78, 5) is 12.4. The molecule has 3 aromatic rings. The third kappa shape index (κ3) is 4.40. The maximum absolute atomic E-state index is 12.2. The number of benzene rings is 2. The second-order valence-electron chi connectivity index (χ2n) is 6.16. The van der Waals surface area contributed by atoms with Crippen molar-refractivity contribution in [1.29, 1.82) is 0 Å². The molecule has 0 aliphatic carbocycles. The first-order chi connectivity index (χ1) is 12.7. The molecule has 0 amide bonds. The third-order valence-electron chi connectivity index (χ3n) is 3.89. The number of hydrogen-bond donors (Lipinski definition) is 0. The summed E-state index contributed by atoms with van der Waals surface area (Å²) in [6, 6.07) is 13.1. The molecule has 0 saturated carbocycles. The summed E-state index contributed by atoms with van der Waals surface area (Å²) >= 11 is 0. The van der Waals surface area contributed by atoms with E-state index in [0.717, 1.165) is 17.4 Å². The van der Waals surface area contributed by atoms with E-state index in [1.54, 1.807) is 6.92 Å². The number of aromatic nitrogens is 2. The summed E-state index contributed by atoms with van der Waals surface area (Å²) in [5.41, 5.74) is 2.12. The van der Waals surface area contributed by atoms with E-state index in [-0.39, 0.29) is 16.3 Å². The van der Waals surface area contributed by atoms with E-state index in [0.29, 0.717) is 5.89 Å². The van der Waals surface area contributed by atoms with Crippen molar-refractivity contribution in [2.24, 2.45) is 0 Å². The number of esters is 1. The molecule has 0 N–H and O–H groups in total. The smallest absolute Gasteiger partial charge is 0.338 e. The summed E-state index contributed by atoms with van der Waals surface area (Å²) in [7, 11) is -3.32. The van der Waals surface area contributed by atoms with Gasteiger partial charge in [-0.3, -0.25) is 0 Å². The van der Waals surface area contributed by atoms with Crippen LogP contribution in [0.25, 0.3) is 11.5 Å². The van der Waals surface area contributed by atoms with Gasteiger partial charge in [0, 0.05) is 11.8 Å². The zero-order chi connectivity index (χ0) is 19.6. The number of ether oxygens (including phenoxy) is 1. The Morgan fingerprint density at radius 2 is 1.67 bits per heavy atom. The first-order valence-corrected chi connectivity index (χ1v) is 10.0. The summed E-state index contributed by atoms with van der Waals surface area (Å²) in [6.07, 6.45) is 0.350. The first kappa shape index (κ1) is 18.8. The average molecular weight is 386 g/mol. The predicted molar refractivity (Wildman–Crippen MR) is 97.9 cm³/mol. The first-order valence-electron chi connectivity index (χ1n) is 8.15. The van der Waals surface area contributed by atoms with Crippen molar-refractivity contribution in [1.82, 2.24) is 10.2 Å². The van der Waals surface area contributed by atoms with Crippen LogP contribution in [0.2, 0.25) is 0 Å². The third-order valence-corrected chi connectivity index (χ3v) is 5.02. The zero-order valence-electron chi connectivity index (χ0n) is 15.0. The maximum Gasteiger partial charge on any atom is 0.338 e. The molecule has 1 heterocycles. The van der Waals surface area contributed by atoms with Gasteiger partial charge in [-0.25, -0.2) is 13.2 Å². The second-order valence-corrected chi connectivity index (χ2v) is 8.17. The van der Waals surface area contributed by atoms with E-state index in [9.17, 15) is 13.2 Å². The Bertz CT molecular complexity index is 1050. The van der Waals surface area contributed by atoms with E-state index < -0.39 is 21.9 Å². The van der Waals surface area contributed by atoms with Crippen molar-refractivity contribution >= 4 is 15.8 Å². The van der Waals surface area contributed by atoms with Crippen molar-refractivity contribution < 1.29 is 22.4 Å². The van der Waals surface area contributed by atoms with E-state index >= 15 is 0 Å². The van der Waals surface area contributed by atoms with Crippen LogP contribution < -0.4 is 0 Å². The molecule has 0 bridgehead atoms. The van der Waals surface area contributed by atoms with Crippen LogP contribution in [0.5, 0.6) is 0 Å². The van der Waals surface area contributed by atoms with Crippen LogP contribution in [-0.4, -0.2) is 30.8 Å². The Morgan fingerprint density at radius 3 is 2.26 bits per heavy atom. The molecule has 1 aromatic heterocycles. The quantitative estimate of drug-likeness (QED) is 0.620. The lowest BCUT2D eigenvalue weighted by Gasteiger charge is -2.09. The zero-order valence-corrected chi connectivity index (χ0v) is 15.9. The van der Waals surface area contributed by atoms with Gasteiger partial charge in [-0.05, 0) is 50.2 Å². The monoisotopic (exact) mass is 386 g/mol. The summed E-state index contributed by atoms with van der Waals surface area (Å²) in [5, 5.41) is 7.92. The van der Waals surface area contributed by atoms with Gasteiger partial charge in [-0.15, -0.1) is 10.2 Å². The Labute approximate surface area is 156 Å². The van der Waals surface area contributed by atoms with Gasteiger partial charge in [-0.1, -0.05) is 17.7 Å². The molecule has 8 heteroatoms. The number of aryl methyl sites for hydroxylation is 1. The van der Waals surface area contributed by atoms with Crippen molar-refractivity contribution in [3.63, 3.8) is 0 Å². The molecule has 0 saturated heterocycles. The highest BCUT2D eigenvalue weighted by Crippen LogP contribution is 2.23. The van der Waals surface area contributed by atoms with E-state index in [1.165, 1.54) is 24.3 Å². The molecule has 140 valence electrons. The summed E-state index contributed by atoms with van der Waals surface area (Å²) in [6.45, 7) is 3.60. The van der Waals surface area contributed by atoms with Gasteiger partial charge >= 0.3 is 5.97 Å². The van der Waals surface area contributed by atoms with Crippen LogP contribution in [0.4, 0.5) is 0 Å². The fraction of sp³-hybridized carbons (Fsp3) is 0.211. The van der Waals surface area contributed by atoms with Gasteiger partial charge < -0.3 is 9.15 Å². The molecule has 2 aromatic carbocycles. The molecular formula is C19H18N2O5S. The minimum Gasteiger partial charge on any atom is -0.449 e. The van der Waals surface area contributed by atoms with E-state index in [1.807, 2.05) is 31.2 Å². The van der Waals surface area contributed by atoms with Gasteiger partial charge in [0.15, 0.2) is 15.9 Å². The molecule has 0 radical (unpaired) electrons. The maximum atomic E-state index is 12.2. The highest BCUT2D eigenvalue weighted by molar-refractivity contribution is 7.90. The lowest BCUT2D eigenvalue weighted by Crippen LogP contribution is -2.10. The lowest BCUT2D eigenvalue weighted by molar-refractivity contribution is 0.0279. The normalized spacial score (nSPS) is 12.6. The van der Waals surface area contributed by atoms with Crippen molar-refractivity contribution in [2.45, 2.75) is 24.8 Å². The van der Waals surface area contributed by atoms with Crippen LogP contribution in [0.1, 0.15) is 34.8 Å². The number of sulfone groups is 1. The van der Waals surface area contributed by atoms with Gasteiger partial charge in [0.25, 0.3) is 5.89 Å². The molecule has 1 unspecified atom stereocenters. The summed E-state index contributed by atoms with van der Waals surface area (Å²) < 4.78 is 33.9. The standard InChI is InChI=1S/C19H18N2O5S/c1-12-4-6-14(7-5-12)18-21-20-17(26-18)13(2)25-19(22)15-8-10-16(11-9-15)27(3,23)24/h4-11,13H,1-3H3. The highest BCUT2D eigenvalue weighted by Gasteiger charge is 2.20. The Balaban J connectivity index is 1.71. The average Bonchev–Trinajstić information content (AvgIpc) is 3.12. The van der Waals surface area contributed by atoms with E-state index in [2.05, 4.69) is 10.2 Å². The van der Waals surface area contributed by atoms with Crippen molar-refractivity contribution in [3.05, 3.63) is 65.5 Å². The van der Waals surface area contributed by atoms with Crippen molar-refractivity contribution in [2.75, 3.05) is 6.26 Å². The molecule has 0 spiro atoms. The fourth-order valence-electron chi connectivity index (χ4n) is 2.33. The Kier molecular flexibility index (Phi) is 5.09. The Morgan fingerprint density at radius 1 is 1.04 bits per heavy atom. The van der Waals surface area contributed by atoms with Crippen LogP contribution >= 0.6 is 0 Å². The van der Waals surface area contributed by atoms with Crippen LogP contribution in [0.3, 0.4) is 0 Å². The lowest BCUT2D eigenvalue weighted by atomic mass is 10.1. The number of rotatable bonds is 5. The highest BCUT2D eigenvalue weighted by atomic mass is 32.2. The number of nitrogens with zero attached hydrogens (tertiary/aromatic N) is 2. The van der Waals surface area contributed by atoms with Crippen molar-refractivity contribution in [3.8, 4) is 11.5 Å². The number of carbonyl (C=O) groups excluding carboxylic acids is 1. The van der Waals surface area contributed by atoms with Crippen LogP contribution in [0.15, 0.2) is 57.8 Å². The largest absolute Gasteiger partial charge is 0.449 e. The molecule has 0 aliphatic heterocycles. The minimum absolute atomic E-state index is 0.131. The van der Waals surface area contributed by atoms with Gasteiger partial charge in [0.2, 0.25) is 5.89 Å². The fourth-order valence-corrected chi connectivity index (χ4v) is 2.96. The number of carbonyl (C=O) groups is 1. The van der Waals surface area contributed by atoms with E-state index in [4.69, 9.17) is 9.15 Å². The minimum atomic E-state index is -3.32. The van der Waals surface area contributed by atoms with Gasteiger partial charge in [0.1, 0.15) is 0 Å². The molecule has 1 atom stereocenters. The second kappa shape index (κ2) is 7.32. The molecule has 0 aliphatic rings. The van der Waals surface area contributed by atoms with Crippen LogP contribution in [0, 0.1) is 6.92 Å². The summed E-state index contributed by atoms with van der Waals surface area (Å²) in [5.74, 6) is -0.102. The van der Waals surface area contributed by atoms with Crippen LogP contribution in [-0.2, 0) is 14.6 Å². The molecule has 3 rings (SSSR count). The molecular weight excluding hydrogens is 368 g/mol. The van der Waals surface area contributed by atoms with Gasteiger partial charge in [0.05, 0.1) is 10.5 Å². The van der Waals surface area contributed by atoms with Gasteiger partial charge in [-0.2, -0.15) is 0 Å². The molecule has 27 heavy (non-hydrogen) atoms. The molecule has 7 nitrogen and oxygen atoms in total. The Hall–Kier alpha value is -3.00.